The van der Waals surface area contributed by atoms with Gasteiger partial charge < -0.3 is 5.11 Å². The van der Waals surface area contributed by atoms with Crippen LogP contribution in [0.25, 0.3) is 0 Å². The van der Waals surface area contributed by atoms with Crippen molar-refractivity contribution in [3.05, 3.63) is 12.2 Å². The molecule has 0 saturated heterocycles. The first-order valence-electron chi connectivity index (χ1n) is 5.75. The van der Waals surface area contributed by atoms with E-state index < -0.39 is 5.60 Å². The zero-order valence-corrected chi connectivity index (χ0v) is 9.48. The highest BCUT2D eigenvalue weighted by Crippen LogP contribution is 2.37. The van der Waals surface area contributed by atoms with Gasteiger partial charge in [0.2, 0.25) is 0 Å². The highest BCUT2D eigenvalue weighted by atomic mass is 16.3. The van der Waals surface area contributed by atoms with E-state index in [1.807, 2.05) is 11.6 Å². The fraction of sp³-hybridized carbons (Fsp3) is 0.818. The molecule has 0 aliphatic heterocycles. The van der Waals surface area contributed by atoms with Gasteiger partial charge in [-0.1, -0.05) is 13.3 Å². The summed E-state index contributed by atoms with van der Waals surface area (Å²) in [6.45, 7) is 4.99. The van der Waals surface area contributed by atoms with Gasteiger partial charge in [0.25, 0.3) is 0 Å². The molecule has 2 atom stereocenters. The van der Waals surface area contributed by atoms with Crippen molar-refractivity contribution in [3.8, 4) is 0 Å². The number of nitrogens with zero attached hydrogens (tertiary/aromatic N) is 3. The lowest BCUT2D eigenvalue weighted by molar-refractivity contribution is 0.00688. The van der Waals surface area contributed by atoms with Crippen LogP contribution in [-0.4, -0.2) is 25.5 Å². The summed E-state index contributed by atoms with van der Waals surface area (Å²) in [4.78, 5) is 4.22. The van der Waals surface area contributed by atoms with E-state index in [-0.39, 0.29) is 0 Å². The minimum atomic E-state index is -0.556. The van der Waals surface area contributed by atoms with E-state index in [0.717, 1.165) is 31.6 Å². The predicted molar refractivity (Wildman–Crippen MR) is 57.4 cm³/mol. The zero-order valence-electron chi connectivity index (χ0n) is 9.48. The van der Waals surface area contributed by atoms with Gasteiger partial charge in [0.05, 0.1) is 5.60 Å². The molecule has 1 aliphatic rings. The Kier molecular flexibility index (Phi) is 2.78. The lowest BCUT2D eigenvalue weighted by atomic mass is 9.89. The molecule has 2 rings (SSSR count). The number of aromatic nitrogens is 3. The maximum absolute atomic E-state index is 10.5. The second kappa shape index (κ2) is 3.93. The summed E-state index contributed by atoms with van der Waals surface area (Å²) in [5.41, 5.74) is -0.556. The van der Waals surface area contributed by atoms with Gasteiger partial charge in [0, 0.05) is 13.0 Å². The Bertz CT molecular complexity index is 336. The van der Waals surface area contributed by atoms with Gasteiger partial charge in [0.15, 0.2) is 0 Å². The maximum atomic E-state index is 10.5. The summed E-state index contributed by atoms with van der Waals surface area (Å²) in [6.07, 6.45) is 5.35. The SMILES string of the molecule is CCn1ncnc1CC1(O)CCCC1C. The van der Waals surface area contributed by atoms with E-state index >= 15 is 0 Å². The van der Waals surface area contributed by atoms with E-state index in [2.05, 4.69) is 17.0 Å². The van der Waals surface area contributed by atoms with Gasteiger partial charge in [-0.25, -0.2) is 4.98 Å². The molecular formula is C11H19N3O. The Morgan fingerprint density at radius 1 is 1.67 bits per heavy atom. The Morgan fingerprint density at radius 3 is 3.07 bits per heavy atom. The van der Waals surface area contributed by atoms with Crippen molar-refractivity contribution < 1.29 is 5.11 Å². The average molecular weight is 209 g/mol. The summed E-state index contributed by atoms with van der Waals surface area (Å²) in [5.74, 6) is 1.29. The summed E-state index contributed by atoms with van der Waals surface area (Å²) >= 11 is 0. The van der Waals surface area contributed by atoms with Crippen LogP contribution in [0.1, 0.15) is 38.9 Å². The molecule has 1 saturated carbocycles. The third-order valence-electron chi connectivity index (χ3n) is 3.62. The van der Waals surface area contributed by atoms with Crippen molar-refractivity contribution in [3.63, 3.8) is 0 Å². The van der Waals surface area contributed by atoms with Gasteiger partial charge in [-0.3, -0.25) is 4.68 Å². The van der Waals surface area contributed by atoms with E-state index in [4.69, 9.17) is 0 Å². The van der Waals surface area contributed by atoms with Crippen LogP contribution in [0, 0.1) is 5.92 Å². The minimum absolute atomic E-state index is 0.375. The molecule has 1 aliphatic carbocycles. The van der Waals surface area contributed by atoms with E-state index in [1.54, 1.807) is 6.33 Å². The Hall–Kier alpha value is -0.900. The van der Waals surface area contributed by atoms with E-state index in [0.29, 0.717) is 12.3 Å². The van der Waals surface area contributed by atoms with Crippen LogP contribution in [0.4, 0.5) is 0 Å². The fourth-order valence-electron chi connectivity index (χ4n) is 2.46. The lowest BCUT2D eigenvalue weighted by Gasteiger charge is -2.27. The minimum Gasteiger partial charge on any atom is -0.389 e. The maximum Gasteiger partial charge on any atom is 0.138 e. The number of hydrogen-bond donors (Lipinski definition) is 1. The zero-order chi connectivity index (χ0) is 10.9. The molecule has 4 nitrogen and oxygen atoms in total. The van der Waals surface area contributed by atoms with Crippen molar-refractivity contribution in [1.82, 2.24) is 14.8 Å². The fourth-order valence-corrected chi connectivity index (χ4v) is 2.46. The summed E-state index contributed by atoms with van der Waals surface area (Å²) in [7, 11) is 0. The Balaban J connectivity index is 2.14. The van der Waals surface area contributed by atoms with Crippen LogP contribution in [0.2, 0.25) is 0 Å². The second-order valence-electron chi connectivity index (χ2n) is 4.57. The third kappa shape index (κ3) is 1.91. The Morgan fingerprint density at radius 2 is 2.47 bits per heavy atom. The van der Waals surface area contributed by atoms with Gasteiger partial charge in [0.1, 0.15) is 12.2 Å². The molecule has 0 amide bonds. The first kappa shape index (κ1) is 10.6. The Labute approximate surface area is 90.3 Å². The van der Waals surface area contributed by atoms with Crippen LogP contribution in [0.3, 0.4) is 0 Å². The van der Waals surface area contributed by atoms with Crippen LogP contribution in [0.15, 0.2) is 6.33 Å². The average Bonchev–Trinajstić information content (AvgIpc) is 2.76. The standard InChI is InChI=1S/C11H19N3O/c1-3-14-10(12-8-13-14)7-11(15)6-4-5-9(11)2/h8-9,15H,3-7H2,1-2H3. The van der Waals surface area contributed by atoms with Crippen LogP contribution >= 0.6 is 0 Å². The number of hydrogen-bond acceptors (Lipinski definition) is 3. The van der Waals surface area contributed by atoms with Gasteiger partial charge in [-0.05, 0) is 25.7 Å². The molecule has 15 heavy (non-hydrogen) atoms. The summed E-state index contributed by atoms with van der Waals surface area (Å²) in [6, 6.07) is 0. The largest absolute Gasteiger partial charge is 0.389 e. The molecule has 0 spiro atoms. The highest BCUT2D eigenvalue weighted by Gasteiger charge is 2.39. The molecule has 0 bridgehead atoms. The first-order valence-corrected chi connectivity index (χ1v) is 5.75. The monoisotopic (exact) mass is 209 g/mol. The predicted octanol–water partition coefficient (Wildman–Crippen LogP) is 1.39. The number of rotatable bonds is 3. The molecular weight excluding hydrogens is 190 g/mol. The van der Waals surface area contributed by atoms with Crippen molar-refractivity contribution in [1.29, 1.82) is 0 Å². The van der Waals surface area contributed by atoms with Crippen LogP contribution < -0.4 is 0 Å². The summed E-state index contributed by atoms with van der Waals surface area (Å²) < 4.78 is 1.86. The summed E-state index contributed by atoms with van der Waals surface area (Å²) in [5, 5.41) is 14.6. The first-order chi connectivity index (χ1) is 7.15. The van der Waals surface area contributed by atoms with E-state index in [1.165, 1.54) is 0 Å². The molecule has 1 aromatic rings. The molecule has 2 unspecified atom stereocenters. The van der Waals surface area contributed by atoms with Crippen LogP contribution in [0.5, 0.6) is 0 Å². The van der Waals surface area contributed by atoms with Crippen LogP contribution in [-0.2, 0) is 13.0 Å². The highest BCUT2D eigenvalue weighted by molar-refractivity contribution is 4.99. The molecule has 1 heterocycles. The molecule has 0 aromatic carbocycles. The van der Waals surface area contributed by atoms with Crippen molar-refractivity contribution in [2.45, 2.75) is 51.7 Å². The third-order valence-corrected chi connectivity index (χ3v) is 3.62. The smallest absolute Gasteiger partial charge is 0.138 e. The number of aryl methyl sites for hydroxylation is 1. The second-order valence-corrected chi connectivity index (χ2v) is 4.57. The van der Waals surface area contributed by atoms with Gasteiger partial charge >= 0.3 is 0 Å². The van der Waals surface area contributed by atoms with E-state index in [9.17, 15) is 5.11 Å². The topological polar surface area (TPSA) is 50.9 Å². The molecule has 4 heteroatoms. The lowest BCUT2D eigenvalue weighted by Crippen LogP contribution is -2.35. The molecule has 1 fully saturated rings. The van der Waals surface area contributed by atoms with Crippen molar-refractivity contribution in [2.75, 3.05) is 0 Å². The molecule has 1 aromatic heterocycles. The van der Waals surface area contributed by atoms with Gasteiger partial charge in [-0.15, -0.1) is 0 Å². The molecule has 0 radical (unpaired) electrons. The van der Waals surface area contributed by atoms with Crippen molar-refractivity contribution >= 4 is 0 Å². The molecule has 1 N–H and O–H groups in total. The van der Waals surface area contributed by atoms with Crippen molar-refractivity contribution in [2.24, 2.45) is 5.92 Å². The molecule has 84 valence electrons. The van der Waals surface area contributed by atoms with Gasteiger partial charge in [-0.2, -0.15) is 5.10 Å². The number of aliphatic hydroxyl groups is 1. The normalized spacial score (nSPS) is 31.0. The quantitative estimate of drug-likeness (QED) is 0.818.